The van der Waals surface area contributed by atoms with E-state index < -0.39 is 0 Å². The third-order valence-corrected chi connectivity index (χ3v) is 4.54. The minimum atomic E-state index is -0.351. The van der Waals surface area contributed by atoms with Gasteiger partial charge in [-0.05, 0) is 56.7 Å². The normalized spacial score (nSPS) is 11.4. The Kier molecular flexibility index (Phi) is 7.45. The van der Waals surface area contributed by atoms with Gasteiger partial charge in [-0.1, -0.05) is 32.9 Å². The molecule has 0 aromatic heterocycles. The lowest BCUT2D eigenvalue weighted by Crippen LogP contribution is -2.24. The highest BCUT2D eigenvalue weighted by Crippen LogP contribution is 2.35. The fraction of sp³-hybridized carbons (Fsp3) is 0.333. The average molecular weight is 449 g/mol. The van der Waals surface area contributed by atoms with E-state index in [0.717, 1.165) is 10.0 Å². The molecule has 7 heteroatoms. The van der Waals surface area contributed by atoms with E-state index in [2.05, 4.69) is 47.2 Å². The van der Waals surface area contributed by atoms with E-state index in [-0.39, 0.29) is 17.9 Å². The van der Waals surface area contributed by atoms with Gasteiger partial charge >= 0.3 is 0 Å². The Morgan fingerprint density at radius 2 is 1.82 bits per heavy atom. The first-order valence-corrected chi connectivity index (χ1v) is 9.50. The Bertz CT molecular complexity index is 843. The highest BCUT2D eigenvalue weighted by molar-refractivity contribution is 9.10. The van der Waals surface area contributed by atoms with E-state index in [1.165, 1.54) is 11.8 Å². The maximum absolute atomic E-state index is 11.9. The fourth-order valence-electron chi connectivity index (χ4n) is 2.42. The Morgan fingerprint density at radius 1 is 1.14 bits per heavy atom. The summed E-state index contributed by atoms with van der Waals surface area (Å²) in [6, 6.07) is 11.3. The molecule has 0 saturated carbocycles. The van der Waals surface area contributed by atoms with Gasteiger partial charge in [-0.2, -0.15) is 5.10 Å². The van der Waals surface area contributed by atoms with Crippen molar-refractivity contribution in [3.63, 3.8) is 0 Å². The van der Waals surface area contributed by atoms with Gasteiger partial charge in [0, 0.05) is 0 Å². The Hall–Kier alpha value is -2.54. The number of ether oxygens (including phenoxy) is 3. The van der Waals surface area contributed by atoms with Crippen LogP contribution in [-0.4, -0.2) is 32.9 Å². The number of hydrogen-bond donors (Lipinski definition) is 1. The van der Waals surface area contributed by atoms with Crippen LogP contribution >= 0.6 is 15.9 Å². The van der Waals surface area contributed by atoms with Crippen LogP contribution in [0, 0.1) is 0 Å². The van der Waals surface area contributed by atoms with Crippen molar-refractivity contribution in [2.75, 3.05) is 20.8 Å². The predicted molar refractivity (Wildman–Crippen MR) is 114 cm³/mol. The molecule has 0 aliphatic carbocycles. The second-order valence-electron chi connectivity index (χ2n) is 7.09. The number of benzene rings is 2. The lowest BCUT2D eigenvalue weighted by atomic mass is 9.87. The van der Waals surface area contributed by atoms with Gasteiger partial charge in [0.05, 0.1) is 24.9 Å². The van der Waals surface area contributed by atoms with Gasteiger partial charge in [0.25, 0.3) is 5.91 Å². The van der Waals surface area contributed by atoms with Crippen molar-refractivity contribution in [3.8, 4) is 17.2 Å². The molecular formula is C21H25BrN2O4. The number of rotatable bonds is 7. The van der Waals surface area contributed by atoms with Crippen LogP contribution in [0.4, 0.5) is 0 Å². The summed E-state index contributed by atoms with van der Waals surface area (Å²) in [5.74, 6) is 1.44. The first-order chi connectivity index (χ1) is 13.2. The number of halogens is 1. The molecule has 150 valence electrons. The molecule has 0 aliphatic heterocycles. The zero-order valence-corrected chi connectivity index (χ0v) is 18.3. The molecule has 2 aromatic rings. The summed E-state index contributed by atoms with van der Waals surface area (Å²) in [5.41, 5.74) is 4.46. The number of nitrogens with zero attached hydrogens (tertiary/aromatic N) is 1. The molecule has 0 bridgehead atoms. The topological polar surface area (TPSA) is 69.2 Å². The van der Waals surface area contributed by atoms with E-state index >= 15 is 0 Å². The van der Waals surface area contributed by atoms with E-state index in [1.807, 2.05) is 30.3 Å². The number of carbonyl (C=O) groups is 1. The van der Waals surface area contributed by atoms with Gasteiger partial charge in [-0.15, -0.1) is 0 Å². The molecule has 0 saturated heterocycles. The molecule has 1 amide bonds. The molecule has 1 N–H and O–H groups in total. The molecule has 2 rings (SSSR count). The summed E-state index contributed by atoms with van der Waals surface area (Å²) in [6.45, 7) is 6.31. The van der Waals surface area contributed by atoms with Crippen molar-refractivity contribution in [3.05, 3.63) is 52.0 Å². The van der Waals surface area contributed by atoms with E-state index in [0.29, 0.717) is 17.2 Å². The van der Waals surface area contributed by atoms with Crippen LogP contribution < -0.4 is 19.6 Å². The van der Waals surface area contributed by atoms with Crippen LogP contribution in [0.15, 0.2) is 46.0 Å². The fourth-order valence-corrected chi connectivity index (χ4v) is 3.05. The number of methoxy groups -OCH3 is 2. The van der Waals surface area contributed by atoms with Gasteiger partial charge in [-0.25, -0.2) is 5.43 Å². The second-order valence-corrected chi connectivity index (χ2v) is 7.95. The zero-order chi connectivity index (χ0) is 20.7. The molecule has 0 heterocycles. The average Bonchev–Trinajstić information content (AvgIpc) is 2.65. The predicted octanol–water partition coefficient (Wildman–Crippen LogP) is 4.29. The molecule has 0 unspecified atom stereocenters. The Labute approximate surface area is 174 Å². The van der Waals surface area contributed by atoms with Crippen molar-refractivity contribution in [2.45, 2.75) is 26.2 Å². The standard InChI is InChI=1S/C21H25BrN2O4/c1-21(2,3)15-6-8-16(9-7-15)28-13-19(25)24-23-12-14-10-17(22)20(27-5)18(11-14)26-4/h6-12H,13H2,1-5H3,(H,24,25)/b23-12+. The van der Waals surface area contributed by atoms with Crippen molar-refractivity contribution < 1.29 is 19.0 Å². The summed E-state index contributed by atoms with van der Waals surface area (Å²) in [6.07, 6.45) is 1.52. The molecular weight excluding hydrogens is 424 g/mol. The third-order valence-electron chi connectivity index (χ3n) is 3.95. The van der Waals surface area contributed by atoms with E-state index in [1.54, 1.807) is 20.3 Å². The monoisotopic (exact) mass is 448 g/mol. The van der Waals surface area contributed by atoms with Gasteiger partial charge in [-0.3, -0.25) is 4.79 Å². The van der Waals surface area contributed by atoms with Crippen LogP contribution in [0.5, 0.6) is 17.2 Å². The van der Waals surface area contributed by atoms with E-state index in [4.69, 9.17) is 14.2 Å². The SMILES string of the molecule is COc1cc(/C=N/NC(=O)COc2ccc(C(C)(C)C)cc2)cc(Br)c1OC. The molecule has 0 aliphatic rings. The summed E-state index contributed by atoms with van der Waals surface area (Å²) >= 11 is 3.41. The quantitative estimate of drug-likeness (QED) is 0.506. The minimum Gasteiger partial charge on any atom is -0.493 e. The summed E-state index contributed by atoms with van der Waals surface area (Å²) in [4.78, 5) is 11.9. The minimum absolute atomic E-state index is 0.0732. The van der Waals surface area contributed by atoms with Gasteiger partial charge in [0.15, 0.2) is 18.1 Å². The molecule has 2 aromatic carbocycles. The van der Waals surface area contributed by atoms with Crippen LogP contribution in [0.25, 0.3) is 0 Å². The first-order valence-electron chi connectivity index (χ1n) is 8.71. The van der Waals surface area contributed by atoms with Crippen LogP contribution in [-0.2, 0) is 10.2 Å². The maximum Gasteiger partial charge on any atom is 0.277 e. The molecule has 6 nitrogen and oxygen atoms in total. The number of amides is 1. The van der Waals surface area contributed by atoms with Gasteiger partial charge < -0.3 is 14.2 Å². The number of hydrogen-bond acceptors (Lipinski definition) is 5. The van der Waals surface area contributed by atoms with Crippen LogP contribution in [0.1, 0.15) is 31.9 Å². The lowest BCUT2D eigenvalue weighted by molar-refractivity contribution is -0.123. The first kappa shape index (κ1) is 21.8. The molecule has 28 heavy (non-hydrogen) atoms. The smallest absolute Gasteiger partial charge is 0.277 e. The Balaban J connectivity index is 1.89. The van der Waals surface area contributed by atoms with Crippen molar-refractivity contribution in [1.82, 2.24) is 5.43 Å². The summed E-state index contributed by atoms with van der Waals surface area (Å²) < 4.78 is 16.8. The van der Waals surface area contributed by atoms with Crippen LogP contribution in [0.2, 0.25) is 0 Å². The Morgan fingerprint density at radius 3 is 2.39 bits per heavy atom. The molecule has 0 radical (unpaired) electrons. The van der Waals surface area contributed by atoms with Crippen LogP contribution in [0.3, 0.4) is 0 Å². The number of nitrogens with one attached hydrogen (secondary N) is 1. The van der Waals surface area contributed by atoms with Crippen molar-refractivity contribution >= 4 is 28.1 Å². The second kappa shape index (κ2) is 9.59. The number of carbonyl (C=O) groups excluding carboxylic acids is 1. The molecule has 0 atom stereocenters. The maximum atomic E-state index is 11.9. The molecule has 0 fully saturated rings. The van der Waals surface area contributed by atoms with Gasteiger partial charge in [0.1, 0.15) is 5.75 Å². The van der Waals surface area contributed by atoms with Crippen molar-refractivity contribution in [2.24, 2.45) is 5.10 Å². The third kappa shape index (κ3) is 5.99. The lowest BCUT2D eigenvalue weighted by Gasteiger charge is -2.19. The van der Waals surface area contributed by atoms with Crippen molar-refractivity contribution in [1.29, 1.82) is 0 Å². The summed E-state index contributed by atoms with van der Waals surface area (Å²) in [7, 11) is 3.12. The molecule has 0 spiro atoms. The zero-order valence-electron chi connectivity index (χ0n) is 16.7. The summed E-state index contributed by atoms with van der Waals surface area (Å²) in [5, 5.41) is 3.95. The number of hydrazone groups is 1. The highest BCUT2D eigenvalue weighted by atomic mass is 79.9. The van der Waals surface area contributed by atoms with E-state index in [9.17, 15) is 4.79 Å². The largest absolute Gasteiger partial charge is 0.493 e. The van der Waals surface area contributed by atoms with Gasteiger partial charge in [0.2, 0.25) is 0 Å². The highest BCUT2D eigenvalue weighted by Gasteiger charge is 2.13.